The number of thioether (sulfide) groups is 1. The zero-order valence-corrected chi connectivity index (χ0v) is 26.4. The van der Waals surface area contributed by atoms with Crippen LogP contribution in [0, 0.1) is 34.5 Å². The van der Waals surface area contributed by atoms with E-state index in [4.69, 9.17) is 0 Å². The third-order valence-electron chi connectivity index (χ3n) is 11.5. The predicted octanol–water partition coefficient (Wildman–Crippen LogP) is 10.9. The van der Waals surface area contributed by atoms with Gasteiger partial charge in [0, 0.05) is 5.25 Å². The Balaban J connectivity index is 1.34. The second kappa shape index (κ2) is 13.1. The van der Waals surface area contributed by atoms with Gasteiger partial charge in [0.15, 0.2) is 0 Å². The van der Waals surface area contributed by atoms with E-state index in [0.29, 0.717) is 21.2 Å². The summed E-state index contributed by atoms with van der Waals surface area (Å²) in [4.78, 5) is 12.9. The standard InChI is InChI=1S/C33H55BrOS/c1-5-7-9-10-11-12-13-24-16-18-28-27-17-15-25-23-26(36-31(35)30(34)14-8-6-2)19-21-33(25,4)29(27)20-22-32(24,28)3/h15,24,26-30H,5-14,16-23H2,1-4H3/t24-,26+,27+,28-,29-,30+,32-,33+/m1/s1. The third-order valence-corrected chi connectivity index (χ3v) is 13.9. The Morgan fingerprint density at radius 2 is 1.72 bits per heavy atom. The van der Waals surface area contributed by atoms with E-state index in [1.54, 1.807) is 17.3 Å². The molecular formula is C33H55BrOS. The number of hydrogen-bond donors (Lipinski definition) is 0. The van der Waals surface area contributed by atoms with Gasteiger partial charge in [-0.3, -0.25) is 4.79 Å². The monoisotopic (exact) mass is 578 g/mol. The molecule has 0 aromatic heterocycles. The molecule has 3 heteroatoms. The molecule has 8 atom stereocenters. The van der Waals surface area contributed by atoms with Crippen molar-refractivity contribution in [2.24, 2.45) is 34.5 Å². The summed E-state index contributed by atoms with van der Waals surface area (Å²) in [7, 11) is 0. The van der Waals surface area contributed by atoms with Gasteiger partial charge >= 0.3 is 0 Å². The molecule has 0 amide bonds. The molecule has 4 rings (SSSR count). The number of carbonyl (C=O) groups is 1. The van der Waals surface area contributed by atoms with Crippen LogP contribution in [0.3, 0.4) is 0 Å². The molecule has 0 spiro atoms. The molecule has 4 aliphatic rings. The first kappa shape index (κ1) is 29.2. The summed E-state index contributed by atoms with van der Waals surface area (Å²) in [6.45, 7) is 9.85. The van der Waals surface area contributed by atoms with E-state index in [9.17, 15) is 4.79 Å². The highest BCUT2D eigenvalue weighted by Crippen LogP contribution is 2.67. The van der Waals surface area contributed by atoms with Crippen LogP contribution in [0.1, 0.15) is 143 Å². The lowest BCUT2D eigenvalue weighted by Crippen LogP contribution is -2.50. The first-order valence-electron chi connectivity index (χ1n) is 15.9. The average Bonchev–Trinajstić information content (AvgIpc) is 3.21. The number of unbranched alkanes of at least 4 members (excludes halogenated alkanes) is 6. The van der Waals surface area contributed by atoms with Gasteiger partial charge in [-0.15, -0.1) is 0 Å². The molecule has 0 aromatic carbocycles. The molecule has 3 fully saturated rings. The van der Waals surface area contributed by atoms with Gasteiger partial charge in [0.1, 0.15) is 0 Å². The van der Waals surface area contributed by atoms with Gasteiger partial charge in [0.2, 0.25) is 5.12 Å². The van der Waals surface area contributed by atoms with Crippen LogP contribution in [0.25, 0.3) is 0 Å². The molecule has 36 heavy (non-hydrogen) atoms. The van der Waals surface area contributed by atoms with Gasteiger partial charge in [0.25, 0.3) is 0 Å². The van der Waals surface area contributed by atoms with Crippen LogP contribution < -0.4 is 0 Å². The SMILES string of the molecule is CCCCCCCC[C@@H]1CC[C@@H]2[C@@H]3CC=C4C[C@@H](SC(=O)[C@@H](Br)CCCC)CC[C@]4(C)[C@@H]3CC[C@]12C. The minimum absolute atomic E-state index is 0.0446. The van der Waals surface area contributed by atoms with Gasteiger partial charge < -0.3 is 0 Å². The van der Waals surface area contributed by atoms with Gasteiger partial charge in [-0.1, -0.05) is 118 Å². The maximum Gasteiger partial charge on any atom is 0.202 e. The Labute approximate surface area is 236 Å². The maximum atomic E-state index is 12.8. The minimum atomic E-state index is 0.0446. The molecular weight excluding hydrogens is 524 g/mol. The number of carbonyl (C=O) groups excluding carboxylic acids is 1. The Morgan fingerprint density at radius 1 is 0.972 bits per heavy atom. The number of allylic oxidation sites excluding steroid dienone is 2. The Hall–Kier alpha value is 0.240. The van der Waals surface area contributed by atoms with Crippen molar-refractivity contribution < 1.29 is 4.79 Å². The van der Waals surface area contributed by atoms with Gasteiger partial charge in [-0.05, 0) is 98.7 Å². The summed E-state index contributed by atoms with van der Waals surface area (Å²) < 4.78 is 0. The minimum Gasteiger partial charge on any atom is -0.286 e. The first-order chi connectivity index (χ1) is 17.3. The average molecular weight is 580 g/mol. The molecule has 206 valence electrons. The third kappa shape index (κ3) is 6.18. The Bertz CT molecular complexity index is 763. The van der Waals surface area contributed by atoms with E-state index in [-0.39, 0.29) is 4.83 Å². The zero-order valence-electron chi connectivity index (χ0n) is 24.0. The van der Waals surface area contributed by atoms with E-state index in [1.807, 2.05) is 0 Å². The van der Waals surface area contributed by atoms with Crippen LogP contribution in [0.5, 0.6) is 0 Å². The lowest BCUT2D eigenvalue weighted by Gasteiger charge is -2.58. The van der Waals surface area contributed by atoms with Crippen LogP contribution in [0.2, 0.25) is 0 Å². The maximum absolute atomic E-state index is 12.8. The number of halogens is 1. The molecule has 0 N–H and O–H groups in total. The van der Waals surface area contributed by atoms with Crippen LogP contribution in [-0.2, 0) is 4.79 Å². The highest BCUT2D eigenvalue weighted by Gasteiger charge is 2.58. The molecule has 3 saturated carbocycles. The lowest BCUT2D eigenvalue weighted by atomic mass is 9.47. The smallest absolute Gasteiger partial charge is 0.202 e. The number of rotatable bonds is 12. The van der Waals surface area contributed by atoms with Crippen molar-refractivity contribution in [1.82, 2.24) is 0 Å². The molecule has 0 radical (unpaired) electrons. The molecule has 1 nitrogen and oxygen atoms in total. The van der Waals surface area contributed by atoms with Crippen molar-refractivity contribution >= 4 is 32.8 Å². The molecule has 4 aliphatic carbocycles. The number of fused-ring (bicyclic) bond motifs is 5. The van der Waals surface area contributed by atoms with E-state index in [1.165, 1.54) is 89.9 Å². The summed E-state index contributed by atoms with van der Waals surface area (Å²) in [6.07, 6.45) is 27.0. The van der Waals surface area contributed by atoms with E-state index in [2.05, 4.69) is 49.7 Å². The van der Waals surface area contributed by atoms with Crippen LogP contribution >= 0.6 is 27.7 Å². The molecule has 0 unspecified atom stereocenters. The summed E-state index contributed by atoms with van der Waals surface area (Å²) in [5.74, 6) is 3.74. The fraction of sp³-hybridized carbons (Fsp3) is 0.909. The largest absolute Gasteiger partial charge is 0.286 e. The highest BCUT2D eigenvalue weighted by molar-refractivity contribution is 9.10. The molecule has 0 aliphatic heterocycles. The number of alkyl halides is 1. The van der Waals surface area contributed by atoms with Crippen molar-refractivity contribution in [3.05, 3.63) is 11.6 Å². The fourth-order valence-electron chi connectivity index (χ4n) is 9.22. The molecule has 0 saturated heterocycles. The van der Waals surface area contributed by atoms with Crippen LogP contribution in [0.4, 0.5) is 0 Å². The van der Waals surface area contributed by atoms with Crippen LogP contribution in [-0.4, -0.2) is 15.2 Å². The second-order valence-electron chi connectivity index (χ2n) is 13.5. The highest BCUT2D eigenvalue weighted by atomic mass is 79.9. The second-order valence-corrected chi connectivity index (χ2v) is 16.0. The van der Waals surface area contributed by atoms with E-state index >= 15 is 0 Å². The summed E-state index contributed by atoms with van der Waals surface area (Å²) in [5, 5.41) is 0.874. The van der Waals surface area contributed by atoms with Gasteiger partial charge in [-0.25, -0.2) is 0 Å². The summed E-state index contributed by atoms with van der Waals surface area (Å²) in [5.41, 5.74) is 2.73. The van der Waals surface area contributed by atoms with Crippen molar-refractivity contribution in [3.63, 3.8) is 0 Å². The van der Waals surface area contributed by atoms with Crippen molar-refractivity contribution in [3.8, 4) is 0 Å². The topological polar surface area (TPSA) is 17.1 Å². The molecule has 0 heterocycles. The summed E-state index contributed by atoms with van der Waals surface area (Å²) >= 11 is 5.34. The van der Waals surface area contributed by atoms with Crippen molar-refractivity contribution in [2.75, 3.05) is 0 Å². The van der Waals surface area contributed by atoms with Gasteiger partial charge in [0.05, 0.1) is 4.83 Å². The number of hydrogen-bond acceptors (Lipinski definition) is 2. The van der Waals surface area contributed by atoms with E-state index < -0.39 is 0 Å². The van der Waals surface area contributed by atoms with Gasteiger partial charge in [-0.2, -0.15) is 0 Å². The normalized spacial score (nSPS) is 38.6. The van der Waals surface area contributed by atoms with Crippen LogP contribution in [0.15, 0.2) is 11.6 Å². The first-order valence-corrected chi connectivity index (χ1v) is 17.7. The Morgan fingerprint density at radius 3 is 2.50 bits per heavy atom. The predicted molar refractivity (Wildman–Crippen MR) is 162 cm³/mol. The summed E-state index contributed by atoms with van der Waals surface area (Å²) in [6, 6.07) is 0. The van der Waals surface area contributed by atoms with Crippen molar-refractivity contribution in [1.29, 1.82) is 0 Å². The Kier molecular flexibility index (Phi) is 10.6. The van der Waals surface area contributed by atoms with E-state index in [0.717, 1.165) is 49.4 Å². The quantitative estimate of drug-likeness (QED) is 0.130. The zero-order chi connectivity index (χ0) is 25.8. The molecule has 0 bridgehead atoms. The lowest BCUT2D eigenvalue weighted by molar-refractivity contribution is -0.110. The van der Waals surface area contributed by atoms with Crippen molar-refractivity contribution in [2.45, 2.75) is 153 Å². The molecule has 0 aromatic rings. The fourth-order valence-corrected chi connectivity index (χ4v) is 11.0.